The number of rotatable bonds is 7. The Morgan fingerprint density at radius 2 is 2.25 bits per heavy atom. The topological polar surface area (TPSA) is 101 Å². The number of carboxylic acids is 1. The van der Waals surface area contributed by atoms with Gasteiger partial charge in [-0.2, -0.15) is 5.10 Å². The fourth-order valence-electron chi connectivity index (χ4n) is 1.12. The van der Waals surface area contributed by atoms with Crippen molar-refractivity contribution in [2.75, 3.05) is 12.3 Å². The zero-order valence-corrected chi connectivity index (χ0v) is 9.35. The van der Waals surface area contributed by atoms with E-state index in [4.69, 9.17) is 5.11 Å². The van der Waals surface area contributed by atoms with Crippen molar-refractivity contribution >= 4 is 16.0 Å². The molecule has 0 radical (unpaired) electrons. The SMILES string of the molecule is O=C(O)CS(=O)(=O)NCCCn1cccn1. The summed E-state index contributed by atoms with van der Waals surface area (Å²) in [5, 5.41) is 12.3. The van der Waals surface area contributed by atoms with E-state index in [2.05, 4.69) is 9.82 Å². The van der Waals surface area contributed by atoms with Gasteiger partial charge in [-0.15, -0.1) is 0 Å². The molecule has 0 aliphatic carbocycles. The molecule has 1 aromatic heterocycles. The number of aliphatic carboxylic acids is 1. The van der Waals surface area contributed by atoms with Crippen LogP contribution in [0.25, 0.3) is 0 Å². The molecule has 0 atom stereocenters. The van der Waals surface area contributed by atoms with E-state index in [0.29, 0.717) is 13.0 Å². The zero-order chi connectivity index (χ0) is 12.0. The van der Waals surface area contributed by atoms with Crippen molar-refractivity contribution in [2.24, 2.45) is 0 Å². The molecule has 0 aromatic carbocycles. The highest BCUT2D eigenvalue weighted by Gasteiger charge is 2.14. The number of nitrogens with one attached hydrogen (secondary N) is 1. The van der Waals surface area contributed by atoms with Crippen LogP contribution in [-0.4, -0.2) is 41.6 Å². The van der Waals surface area contributed by atoms with Gasteiger partial charge in [0.2, 0.25) is 10.0 Å². The van der Waals surface area contributed by atoms with E-state index in [9.17, 15) is 13.2 Å². The largest absolute Gasteiger partial charge is 0.480 e. The number of sulfonamides is 1. The summed E-state index contributed by atoms with van der Waals surface area (Å²) in [5.74, 6) is -2.26. The molecule has 1 heterocycles. The van der Waals surface area contributed by atoms with Crippen LogP contribution >= 0.6 is 0 Å². The van der Waals surface area contributed by atoms with E-state index in [-0.39, 0.29) is 6.54 Å². The summed E-state index contributed by atoms with van der Waals surface area (Å²) in [4.78, 5) is 10.2. The molecule has 0 saturated carbocycles. The highest BCUT2D eigenvalue weighted by Crippen LogP contribution is 1.90. The summed E-state index contributed by atoms with van der Waals surface area (Å²) in [5.41, 5.74) is 0. The van der Waals surface area contributed by atoms with E-state index in [0.717, 1.165) is 0 Å². The number of hydrogen-bond acceptors (Lipinski definition) is 4. The maximum Gasteiger partial charge on any atom is 0.320 e. The van der Waals surface area contributed by atoms with Crippen LogP contribution in [0.2, 0.25) is 0 Å². The summed E-state index contributed by atoms with van der Waals surface area (Å²) in [6.07, 6.45) is 3.96. The fourth-order valence-corrected chi connectivity index (χ4v) is 2.00. The Bertz CT molecular complexity index is 426. The van der Waals surface area contributed by atoms with Crippen LogP contribution in [0.3, 0.4) is 0 Å². The van der Waals surface area contributed by atoms with Crippen molar-refractivity contribution < 1.29 is 18.3 Å². The van der Waals surface area contributed by atoms with Crippen molar-refractivity contribution in [3.05, 3.63) is 18.5 Å². The molecule has 7 nitrogen and oxygen atoms in total. The molecule has 0 aliphatic rings. The normalized spacial score (nSPS) is 11.5. The van der Waals surface area contributed by atoms with Crippen molar-refractivity contribution in [3.63, 3.8) is 0 Å². The third-order valence-electron chi connectivity index (χ3n) is 1.76. The van der Waals surface area contributed by atoms with Gasteiger partial charge in [-0.05, 0) is 12.5 Å². The van der Waals surface area contributed by atoms with Gasteiger partial charge in [0.25, 0.3) is 0 Å². The molecule has 0 amide bonds. The summed E-state index contributed by atoms with van der Waals surface area (Å²) in [6, 6.07) is 1.77. The monoisotopic (exact) mass is 247 g/mol. The van der Waals surface area contributed by atoms with Crippen LogP contribution in [-0.2, 0) is 21.4 Å². The first-order valence-corrected chi connectivity index (χ1v) is 6.31. The summed E-state index contributed by atoms with van der Waals surface area (Å²) < 4.78 is 26.1. The first-order valence-electron chi connectivity index (χ1n) is 4.66. The fraction of sp³-hybridized carbons (Fsp3) is 0.500. The molecule has 0 fully saturated rings. The lowest BCUT2D eigenvalue weighted by atomic mass is 10.4. The Kier molecular flexibility index (Phi) is 4.44. The third-order valence-corrected chi connectivity index (χ3v) is 3.03. The molecule has 8 heteroatoms. The average molecular weight is 247 g/mol. The Balaban J connectivity index is 2.23. The molecule has 2 N–H and O–H groups in total. The Morgan fingerprint density at radius 1 is 1.50 bits per heavy atom. The van der Waals surface area contributed by atoms with Gasteiger partial charge < -0.3 is 5.11 Å². The average Bonchev–Trinajstić information content (AvgIpc) is 2.62. The standard InChI is InChI=1S/C8H13N3O4S/c12-8(13)7-16(14,15)10-4-2-6-11-5-1-3-9-11/h1,3,5,10H,2,4,6-7H2,(H,12,13). The zero-order valence-electron chi connectivity index (χ0n) is 8.54. The highest BCUT2D eigenvalue weighted by atomic mass is 32.2. The molecule has 90 valence electrons. The quantitative estimate of drug-likeness (QED) is 0.619. The lowest BCUT2D eigenvalue weighted by Gasteiger charge is -2.04. The van der Waals surface area contributed by atoms with Crippen LogP contribution in [0.4, 0.5) is 0 Å². The highest BCUT2D eigenvalue weighted by molar-refractivity contribution is 7.90. The maximum absolute atomic E-state index is 11.1. The van der Waals surface area contributed by atoms with Crippen molar-refractivity contribution in [1.82, 2.24) is 14.5 Å². The summed E-state index contributed by atoms with van der Waals surface area (Å²) >= 11 is 0. The van der Waals surface area contributed by atoms with Crippen molar-refractivity contribution in [2.45, 2.75) is 13.0 Å². The van der Waals surface area contributed by atoms with Gasteiger partial charge in [-0.25, -0.2) is 13.1 Å². The number of nitrogens with zero attached hydrogens (tertiary/aromatic N) is 2. The van der Waals surface area contributed by atoms with E-state index in [1.807, 2.05) is 0 Å². The Morgan fingerprint density at radius 3 is 2.81 bits per heavy atom. The van der Waals surface area contributed by atoms with Gasteiger partial charge in [0.05, 0.1) is 0 Å². The van der Waals surface area contributed by atoms with E-state index < -0.39 is 21.7 Å². The van der Waals surface area contributed by atoms with E-state index >= 15 is 0 Å². The molecule has 1 aromatic rings. The predicted octanol–water partition coefficient (Wildman–Crippen LogP) is -0.723. The van der Waals surface area contributed by atoms with Crippen LogP contribution in [0.5, 0.6) is 0 Å². The van der Waals surface area contributed by atoms with Crippen LogP contribution in [0.15, 0.2) is 18.5 Å². The minimum absolute atomic E-state index is 0.204. The summed E-state index contributed by atoms with van der Waals surface area (Å²) in [7, 11) is -3.70. The molecule has 16 heavy (non-hydrogen) atoms. The molecule has 0 aliphatic heterocycles. The van der Waals surface area contributed by atoms with Crippen LogP contribution < -0.4 is 4.72 Å². The van der Waals surface area contributed by atoms with Crippen LogP contribution in [0.1, 0.15) is 6.42 Å². The van der Waals surface area contributed by atoms with Crippen molar-refractivity contribution in [1.29, 1.82) is 0 Å². The van der Waals surface area contributed by atoms with Gasteiger partial charge in [0.15, 0.2) is 5.75 Å². The minimum atomic E-state index is -3.70. The number of carboxylic acid groups (broad SMARTS) is 1. The molecule has 0 saturated heterocycles. The first kappa shape index (κ1) is 12.7. The predicted molar refractivity (Wildman–Crippen MR) is 56.3 cm³/mol. The van der Waals surface area contributed by atoms with Crippen LogP contribution in [0, 0.1) is 0 Å². The summed E-state index contributed by atoms with van der Waals surface area (Å²) in [6.45, 7) is 0.790. The molecular formula is C8H13N3O4S. The third kappa shape index (κ3) is 4.89. The minimum Gasteiger partial charge on any atom is -0.480 e. The Labute approximate surface area is 93.1 Å². The molecular weight excluding hydrogens is 234 g/mol. The number of carbonyl (C=O) groups is 1. The second-order valence-corrected chi connectivity index (χ2v) is 4.98. The lowest BCUT2D eigenvalue weighted by Crippen LogP contribution is -2.31. The van der Waals surface area contributed by atoms with E-state index in [1.54, 1.807) is 23.1 Å². The molecule has 1 rings (SSSR count). The maximum atomic E-state index is 11.1. The number of aromatic nitrogens is 2. The van der Waals surface area contributed by atoms with Gasteiger partial charge in [-0.3, -0.25) is 9.48 Å². The molecule has 0 unspecified atom stereocenters. The molecule has 0 spiro atoms. The van der Waals surface area contributed by atoms with Gasteiger partial charge in [0.1, 0.15) is 0 Å². The lowest BCUT2D eigenvalue weighted by molar-refractivity contribution is -0.134. The van der Waals surface area contributed by atoms with E-state index in [1.165, 1.54) is 0 Å². The number of aryl methyl sites for hydroxylation is 1. The van der Waals surface area contributed by atoms with Gasteiger partial charge in [0, 0.05) is 25.5 Å². The second-order valence-electron chi connectivity index (χ2n) is 3.17. The van der Waals surface area contributed by atoms with Crippen molar-refractivity contribution in [3.8, 4) is 0 Å². The van der Waals surface area contributed by atoms with Gasteiger partial charge in [-0.1, -0.05) is 0 Å². The smallest absolute Gasteiger partial charge is 0.320 e. The first-order chi connectivity index (χ1) is 7.49. The van der Waals surface area contributed by atoms with Gasteiger partial charge >= 0.3 is 5.97 Å². The molecule has 0 bridgehead atoms. The Hall–Kier alpha value is -1.41. The second kappa shape index (κ2) is 5.61. The number of hydrogen-bond donors (Lipinski definition) is 2.